The number of furan rings is 1. The van der Waals surface area contributed by atoms with E-state index in [0.29, 0.717) is 18.3 Å². The van der Waals surface area contributed by atoms with Crippen LogP contribution in [0.4, 0.5) is 0 Å². The molecule has 0 radical (unpaired) electrons. The molecule has 0 aliphatic carbocycles. The van der Waals surface area contributed by atoms with E-state index >= 15 is 0 Å². The van der Waals surface area contributed by atoms with Crippen molar-refractivity contribution < 1.29 is 14.0 Å². The zero-order valence-electron chi connectivity index (χ0n) is 7.58. The monoisotopic (exact) mass is 180 g/mol. The summed E-state index contributed by atoms with van der Waals surface area (Å²) < 4.78 is 4.83. The summed E-state index contributed by atoms with van der Waals surface area (Å²) in [5.41, 5.74) is 0.406. The molecule has 13 heavy (non-hydrogen) atoms. The van der Waals surface area contributed by atoms with Crippen LogP contribution in [0.25, 0.3) is 0 Å². The molecule has 0 aromatic carbocycles. The smallest absolute Gasteiger partial charge is 0.186 e. The van der Waals surface area contributed by atoms with E-state index in [-0.39, 0.29) is 11.5 Å². The minimum atomic E-state index is -0.0160. The largest absolute Gasteiger partial charge is 0.461 e. The first-order chi connectivity index (χ1) is 6.29. The summed E-state index contributed by atoms with van der Waals surface area (Å²) in [5.74, 6) is 0.124. The lowest BCUT2D eigenvalue weighted by Crippen LogP contribution is -1.99. The van der Waals surface area contributed by atoms with E-state index in [4.69, 9.17) is 4.42 Å². The maximum absolute atomic E-state index is 11.4. The first kappa shape index (κ1) is 9.71. The summed E-state index contributed by atoms with van der Waals surface area (Å²) >= 11 is 0. The van der Waals surface area contributed by atoms with Crippen LogP contribution in [0.2, 0.25) is 0 Å². The highest BCUT2D eigenvalue weighted by Gasteiger charge is 2.12. The van der Waals surface area contributed by atoms with Crippen LogP contribution < -0.4 is 0 Å². The van der Waals surface area contributed by atoms with Gasteiger partial charge < -0.3 is 4.42 Å². The van der Waals surface area contributed by atoms with E-state index in [1.165, 1.54) is 6.26 Å². The minimum absolute atomic E-state index is 0.0160. The lowest BCUT2D eigenvalue weighted by Gasteiger charge is -1.95. The quantitative estimate of drug-likeness (QED) is 0.516. The lowest BCUT2D eigenvalue weighted by molar-refractivity contribution is 0.0970. The van der Waals surface area contributed by atoms with Crippen molar-refractivity contribution in [3.8, 4) is 0 Å². The van der Waals surface area contributed by atoms with E-state index in [9.17, 15) is 9.59 Å². The normalized spacial score (nSPS) is 9.92. The van der Waals surface area contributed by atoms with Gasteiger partial charge in [0.05, 0.1) is 11.8 Å². The first-order valence-electron chi connectivity index (χ1n) is 4.35. The van der Waals surface area contributed by atoms with Gasteiger partial charge in [0.1, 0.15) is 0 Å². The molecule has 0 fully saturated rings. The first-order valence-corrected chi connectivity index (χ1v) is 4.35. The summed E-state index contributed by atoms with van der Waals surface area (Å²) in [6.07, 6.45) is 4.24. The number of unbranched alkanes of at least 4 members (excludes halogenated alkanes) is 1. The van der Waals surface area contributed by atoms with Gasteiger partial charge in [-0.3, -0.25) is 9.59 Å². The van der Waals surface area contributed by atoms with Gasteiger partial charge in [0.2, 0.25) is 0 Å². The molecule has 0 amide bonds. The number of ketones is 1. The van der Waals surface area contributed by atoms with Crippen LogP contribution in [0.1, 0.15) is 47.1 Å². The van der Waals surface area contributed by atoms with Gasteiger partial charge in [0.25, 0.3) is 0 Å². The number of hydrogen-bond donors (Lipinski definition) is 0. The van der Waals surface area contributed by atoms with Crippen molar-refractivity contribution >= 4 is 12.1 Å². The van der Waals surface area contributed by atoms with Crippen molar-refractivity contribution in [2.24, 2.45) is 0 Å². The number of hydrogen-bond acceptors (Lipinski definition) is 3. The molecule has 0 aliphatic rings. The molecule has 0 aliphatic heterocycles. The van der Waals surface area contributed by atoms with E-state index in [1.54, 1.807) is 6.07 Å². The van der Waals surface area contributed by atoms with Crippen LogP contribution in [0.5, 0.6) is 0 Å². The van der Waals surface area contributed by atoms with Crippen LogP contribution in [0.15, 0.2) is 16.7 Å². The Labute approximate surface area is 76.7 Å². The molecule has 70 valence electrons. The van der Waals surface area contributed by atoms with Crippen molar-refractivity contribution in [1.82, 2.24) is 0 Å². The van der Waals surface area contributed by atoms with Crippen molar-refractivity contribution in [2.45, 2.75) is 26.2 Å². The van der Waals surface area contributed by atoms with Gasteiger partial charge >= 0.3 is 0 Å². The molecule has 0 atom stereocenters. The van der Waals surface area contributed by atoms with Crippen molar-refractivity contribution in [3.05, 3.63) is 23.7 Å². The molecule has 0 unspecified atom stereocenters. The zero-order valence-corrected chi connectivity index (χ0v) is 7.58. The fourth-order valence-corrected chi connectivity index (χ4v) is 1.11. The highest BCUT2D eigenvalue weighted by Crippen LogP contribution is 2.12. The van der Waals surface area contributed by atoms with Crippen molar-refractivity contribution in [1.29, 1.82) is 0 Å². The van der Waals surface area contributed by atoms with E-state index in [1.807, 2.05) is 6.92 Å². The van der Waals surface area contributed by atoms with E-state index in [2.05, 4.69) is 0 Å². The molecule has 0 N–H and O–H groups in total. The lowest BCUT2D eigenvalue weighted by atomic mass is 10.1. The average molecular weight is 180 g/mol. The van der Waals surface area contributed by atoms with Gasteiger partial charge in [-0.1, -0.05) is 13.3 Å². The third kappa shape index (κ3) is 2.28. The third-order valence-electron chi connectivity index (χ3n) is 1.86. The number of aldehydes is 1. The Morgan fingerprint density at radius 1 is 1.62 bits per heavy atom. The highest BCUT2D eigenvalue weighted by atomic mass is 16.3. The maximum Gasteiger partial charge on any atom is 0.186 e. The summed E-state index contributed by atoms with van der Waals surface area (Å²) in [7, 11) is 0. The molecule has 0 bridgehead atoms. The fourth-order valence-electron chi connectivity index (χ4n) is 1.11. The van der Waals surface area contributed by atoms with Gasteiger partial charge in [0.15, 0.2) is 17.8 Å². The maximum atomic E-state index is 11.4. The van der Waals surface area contributed by atoms with Gasteiger partial charge in [-0.05, 0) is 12.5 Å². The second-order valence-electron chi connectivity index (χ2n) is 2.84. The molecule has 1 aromatic rings. The Morgan fingerprint density at radius 2 is 2.38 bits per heavy atom. The molecule has 0 saturated carbocycles. The summed E-state index contributed by atoms with van der Waals surface area (Å²) in [6, 6.07) is 1.54. The fraction of sp³-hybridized carbons (Fsp3) is 0.400. The van der Waals surface area contributed by atoms with E-state index < -0.39 is 0 Å². The Hall–Kier alpha value is -1.38. The van der Waals surface area contributed by atoms with Gasteiger partial charge in [-0.15, -0.1) is 0 Å². The number of rotatable bonds is 5. The summed E-state index contributed by atoms with van der Waals surface area (Å²) in [6.45, 7) is 2.02. The summed E-state index contributed by atoms with van der Waals surface area (Å²) in [4.78, 5) is 21.8. The molecular formula is C10H12O3. The highest BCUT2D eigenvalue weighted by molar-refractivity contribution is 6.01. The Bertz CT molecular complexity index is 299. The van der Waals surface area contributed by atoms with E-state index in [0.717, 1.165) is 12.8 Å². The minimum Gasteiger partial charge on any atom is -0.461 e. The van der Waals surface area contributed by atoms with Gasteiger partial charge in [-0.25, -0.2) is 0 Å². The zero-order chi connectivity index (χ0) is 9.68. The molecule has 1 aromatic heterocycles. The molecule has 0 saturated heterocycles. The SMILES string of the molecule is CCCCC(=O)c1ccoc1C=O. The summed E-state index contributed by atoms with van der Waals surface area (Å²) in [5, 5.41) is 0. The molecule has 3 heteroatoms. The number of carbonyl (C=O) groups excluding carboxylic acids is 2. The van der Waals surface area contributed by atoms with Gasteiger partial charge in [0, 0.05) is 6.42 Å². The Balaban J connectivity index is 2.70. The van der Waals surface area contributed by atoms with Gasteiger partial charge in [-0.2, -0.15) is 0 Å². The number of Topliss-reactive ketones (excluding diaryl/α,β-unsaturated/α-hetero) is 1. The molecule has 1 rings (SSSR count). The Morgan fingerprint density at radius 3 is 3.00 bits per heavy atom. The van der Waals surface area contributed by atoms with Crippen LogP contribution >= 0.6 is 0 Å². The van der Waals surface area contributed by atoms with Crippen LogP contribution in [-0.2, 0) is 0 Å². The number of carbonyl (C=O) groups is 2. The molecule has 0 spiro atoms. The average Bonchev–Trinajstić information content (AvgIpc) is 2.61. The van der Waals surface area contributed by atoms with Crippen molar-refractivity contribution in [2.75, 3.05) is 0 Å². The Kier molecular flexibility index (Phi) is 3.43. The predicted octanol–water partition coefficient (Wildman–Crippen LogP) is 2.47. The second kappa shape index (κ2) is 4.60. The second-order valence-corrected chi connectivity index (χ2v) is 2.84. The third-order valence-corrected chi connectivity index (χ3v) is 1.86. The van der Waals surface area contributed by atoms with Crippen molar-refractivity contribution in [3.63, 3.8) is 0 Å². The van der Waals surface area contributed by atoms with Crippen LogP contribution in [-0.4, -0.2) is 12.1 Å². The van der Waals surface area contributed by atoms with Crippen LogP contribution in [0, 0.1) is 0 Å². The molecular weight excluding hydrogens is 168 g/mol. The molecule has 1 heterocycles. The van der Waals surface area contributed by atoms with Crippen LogP contribution in [0.3, 0.4) is 0 Å². The standard InChI is InChI=1S/C10H12O3/c1-2-3-4-9(12)8-5-6-13-10(8)7-11/h5-7H,2-4H2,1H3. The molecule has 3 nitrogen and oxygen atoms in total. The topological polar surface area (TPSA) is 47.3 Å². The predicted molar refractivity (Wildman–Crippen MR) is 48.0 cm³/mol.